The second-order valence-corrected chi connectivity index (χ2v) is 3.95. The van der Waals surface area contributed by atoms with Gasteiger partial charge in [0.2, 0.25) is 0 Å². The highest BCUT2D eigenvalue weighted by Crippen LogP contribution is 2.30. The van der Waals surface area contributed by atoms with Gasteiger partial charge in [-0.25, -0.2) is 0 Å². The Hall–Kier alpha value is -0.730. The molecule has 0 aliphatic carbocycles. The Balaban J connectivity index is 2.23. The number of hydrogen-bond acceptors (Lipinski definition) is 2. The Labute approximate surface area is 89.2 Å². The lowest BCUT2D eigenvalue weighted by molar-refractivity contribution is 0.414. The van der Waals surface area contributed by atoms with Crippen LogP contribution in [-0.4, -0.2) is 13.7 Å². The van der Waals surface area contributed by atoms with Crippen molar-refractivity contribution < 1.29 is 4.74 Å². The van der Waals surface area contributed by atoms with E-state index in [0.29, 0.717) is 11.1 Å². The van der Waals surface area contributed by atoms with Crippen molar-refractivity contribution in [3.63, 3.8) is 0 Å². The number of benzene rings is 1. The summed E-state index contributed by atoms with van der Waals surface area (Å²) in [5.41, 5.74) is 1.26. The zero-order valence-corrected chi connectivity index (χ0v) is 8.97. The molecule has 2 nitrogen and oxygen atoms in total. The van der Waals surface area contributed by atoms with E-state index >= 15 is 0 Å². The minimum absolute atomic E-state index is 0.471. The van der Waals surface area contributed by atoms with E-state index in [2.05, 4.69) is 11.4 Å². The van der Waals surface area contributed by atoms with Gasteiger partial charge in [0.1, 0.15) is 5.75 Å². The van der Waals surface area contributed by atoms with Crippen LogP contribution in [0.1, 0.15) is 24.4 Å². The first-order valence-corrected chi connectivity index (χ1v) is 5.26. The minimum Gasteiger partial charge on any atom is -0.495 e. The van der Waals surface area contributed by atoms with Crippen LogP contribution in [0.5, 0.6) is 5.75 Å². The van der Waals surface area contributed by atoms with Crippen molar-refractivity contribution in [2.45, 2.75) is 18.9 Å². The number of rotatable bonds is 2. The van der Waals surface area contributed by atoms with Gasteiger partial charge in [0.15, 0.2) is 0 Å². The highest BCUT2D eigenvalue weighted by Gasteiger charge is 2.16. The van der Waals surface area contributed by atoms with Crippen LogP contribution in [0.25, 0.3) is 0 Å². The molecule has 0 amide bonds. The fraction of sp³-hybridized carbons (Fsp3) is 0.455. The van der Waals surface area contributed by atoms with Crippen LogP contribution < -0.4 is 10.1 Å². The van der Waals surface area contributed by atoms with E-state index in [1.807, 2.05) is 12.1 Å². The maximum Gasteiger partial charge on any atom is 0.137 e. The maximum absolute atomic E-state index is 6.06. The quantitative estimate of drug-likeness (QED) is 0.813. The van der Waals surface area contributed by atoms with Crippen LogP contribution in [0.4, 0.5) is 0 Å². The van der Waals surface area contributed by atoms with Gasteiger partial charge in [-0.2, -0.15) is 0 Å². The summed E-state index contributed by atoms with van der Waals surface area (Å²) in [4.78, 5) is 0. The predicted octanol–water partition coefficient (Wildman–Crippen LogP) is 2.77. The molecule has 1 aliphatic heterocycles. The Kier molecular flexibility index (Phi) is 2.94. The van der Waals surface area contributed by atoms with E-state index < -0.39 is 0 Å². The fourth-order valence-corrected chi connectivity index (χ4v) is 2.13. The van der Waals surface area contributed by atoms with E-state index in [1.165, 1.54) is 18.4 Å². The molecule has 1 aromatic carbocycles. The molecule has 1 heterocycles. The first kappa shape index (κ1) is 9.81. The lowest BCUT2D eigenvalue weighted by Gasteiger charge is -2.12. The topological polar surface area (TPSA) is 21.3 Å². The molecule has 2 rings (SSSR count). The summed E-state index contributed by atoms with van der Waals surface area (Å²) in [6.07, 6.45) is 2.44. The van der Waals surface area contributed by atoms with Crippen molar-refractivity contribution in [1.29, 1.82) is 0 Å². The summed E-state index contributed by atoms with van der Waals surface area (Å²) in [6.45, 7) is 1.11. The number of nitrogens with one attached hydrogen (secondary N) is 1. The molecule has 1 aromatic rings. The summed E-state index contributed by atoms with van der Waals surface area (Å²) in [5, 5.41) is 4.13. The highest BCUT2D eigenvalue weighted by molar-refractivity contribution is 6.32. The first-order chi connectivity index (χ1) is 6.81. The molecule has 14 heavy (non-hydrogen) atoms. The SMILES string of the molecule is COc1ccc([C@@H]2CCCN2)cc1Cl. The van der Waals surface area contributed by atoms with E-state index in [4.69, 9.17) is 16.3 Å². The molecule has 0 spiro atoms. The maximum atomic E-state index is 6.06. The molecule has 0 aromatic heterocycles. The lowest BCUT2D eigenvalue weighted by atomic mass is 10.1. The fourth-order valence-electron chi connectivity index (χ4n) is 1.87. The number of halogens is 1. The third kappa shape index (κ3) is 1.86. The van der Waals surface area contributed by atoms with E-state index in [9.17, 15) is 0 Å². The number of methoxy groups -OCH3 is 1. The molecule has 1 saturated heterocycles. The van der Waals surface area contributed by atoms with Gasteiger partial charge in [0, 0.05) is 6.04 Å². The molecule has 1 aliphatic rings. The monoisotopic (exact) mass is 211 g/mol. The van der Waals surface area contributed by atoms with Crippen LogP contribution >= 0.6 is 11.6 Å². The molecular formula is C11H14ClNO. The average molecular weight is 212 g/mol. The summed E-state index contributed by atoms with van der Waals surface area (Å²) < 4.78 is 5.11. The largest absolute Gasteiger partial charge is 0.495 e. The number of ether oxygens (including phenoxy) is 1. The molecule has 76 valence electrons. The smallest absolute Gasteiger partial charge is 0.137 e. The second kappa shape index (κ2) is 4.20. The van der Waals surface area contributed by atoms with Crippen LogP contribution in [0.15, 0.2) is 18.2 Å². The molecule has 1 N–H and O–H groups in total. The van der Waals surface area contributed by atoms with Gasteiger partial charge in [-0.05, 0) is 37.1 Å². The van der Waals surface area contributed by atoms with Crippen molar-refractivity contribution in [2.24, 2.45) is 0 Å². The summed E-state index contributed by atoms with van der Waals surface area (Å²) in [5.74, 6) is 0.744. The Morgan fingerprint density at radius 2 is 2.36 bits per heavy atom. The number of hydrogen-bond donors (Lipinski definition) is 1. The van der Waals surface area contributed by atoms with Crippen LogP contribution in [0.2, 0.25) is 5.02 Å². The van der Waals surface area contributed by atoms with Gasteiger partial charge in [-0.1, -0.05) is 17.7 Å². The highest BCUT2D eigenvalue weighted by atomic mass is 35.5. The van der Waals surface area contributed by atoms with Gasteiger partial charge in [-0.3, -0.25) is 0 Å². The molecule has 0 unspecified atom stereocenters. The average Bonchev–Trinajstić information content (AvgIpc) is 2.70. The summed E-state index contributed by atoms with van der Waals surface area (Å²) in [7, 11) is 1.63. The predicted molar refractivity (Wildman–Crippen MR) is 58.0 cm³/mol. The third-order valence-corrected chi connectivity index (χ3v) is 2.93. The standard InChI is InChI=1S/C11H14ClNO/c1-14-11-5-4-8(7-9(11)12)10-3-2-6-13-10/h4-5,7,10,13H,2-3,6H2,1H3/t10-/m0/s1. The van der Waals surface area contributed by atoms with Crippen molar-refractivity contribution in [1.82, 2.24) is 5.32 Å². The van der Waals surface area contributed by atoms with Crippen LogP contribution in [0.3, 0.4) is 0 Å². The van der Waals surface area contributed by atoms with Gasteiger partial charge in [0.25, 0.3) is 0 Å². The summed E-state index contributed by atoms with van der Waals surface area (Å²) >= 11 is 6.06. The van der Waals surface area contributed by atoms with Crippen molar-refractivity contribution in [2.75, 3.05) is 13.7 Å². The molecule has 0 radical (unpaired) electrons. The van der Waals surface area contributed by atoms with E-state index in [-0.39, 0.29) is 0 Å². The van der Waals surface area contributed by atoms with Gasteiger partial charge in [-0.15, -0.1) is 0 Å². The summed E-state index contributed by atoms with van der Waals surface area (Å²) in [6, 6.07) is 6.47. The minimum atomic E-state index is 0.471. The van der Waals surface area contributed by atoms with Gasteiger partial charge < -0.3 is 10.1 Å². The van der Waals surface area contributed by atoms with Gasteiger partial charge >= 0.3 is 0 Å². The Bertz CT molecular complexity index is 321. The van der Waals surface area contributed by atoms with Crippen LogP contribution in [0, 0.1) is 0 Å². The second-order valence-electron chi connectivity index (χ2n) is 3.54. The van der Waals surface area contributed by atoms with E-state index in [1.54, 1.807) is 7.11 Å². The van der Waals surface area contributed by atoms with Crippen LogP contribution in [-0.2, 0) is 0 Å². The Morgan fingerprint density at radius 3 is 2.93 bits per heavy atom. The zero-order chi connectivity index (χ0) is 9.97. The lowest BCUT2D eigenvalue weighted by Crippen LogP contribution is -2.12. The van der Waals surface area contributed by atoms with Crippen molar-refractivity contribution in [3.05, 3.63) is 28.8 Å². The van der Waals surface area contributed by atoms with Gasteiger partial charge in [0.05, 0.1) is 12.1 Å². The molecule has 1 fully saturated rings. The third-order valence-electron chi connectivity index (χ3n) is 2.64. The van der Waals surface area contributed by atoms with Crippen molar-refractivity contribution >= 4 is 11.6 Å². The molecular weight excluding hydrogens is 198 g/mol. The first-order valence-electron chi connectivity index (χ1n) is 4.88. The molecule has 1 atom stereocenters. The van der Waals surface area contributed by atoms with E-state index in [0.717, 1.165) is 12.3 Å². The molecule has 0 bridgehead atoms. The zero-order valence-electron chi connectivity index (χ0n) is 8.22. The Morgan fingerprint density at radius 1 is 1.50 bits per heavy atom. The van der Waals surface area contributed by atoms with Crippen molar-refractivity contribution in [3.8, 4) is 5.75 Å². The molecule has 0 saturated carbocycles. The molecule has 3 heteroatoms. The normalized spacial score (nSPS) is 21.1.